The molecular weight excluding hydrogens is 642 g/mol. The van der Waals surface area contributed by atoms with Gasteiger partial charge in [0.05, 0.1) is 18.5 Å². The van der Waals surface area contributed by atoms with Crippen LogP contribution in [-0.2, 0) is 38.4 Å². The first-order valence-electron chi connectivity index (χ1n) is 15.3. The lowest BCUT2D eigenvalue weighted by Gasteiger charge is -2.25. The zero-order chi connectivity index (χ0) is 34.9. The predicted molar refractivity (Wildman–Crippen MR) is 163 cm³/mol. The molecule has 48 heavy (non-hydrogen) atoms. The van der Waals surface area contributed by atoms with Gasteiger partial charge < -0.3 is 15.4 Å². The Morgan fingerprint density at radius 2 is 1.42 bits per heavy atom. The highest BCUT2D eigenvalue weighted by molar-refractivity contribution is 5.94. The van der Waals surface area contributed by atoms with E-state index in [1.165, 1.54) is 0 Å². The number of carbonyl (C=O) groups is 4. The first-order valence-corrected chi connectivity index (χ1v) is 15.3. The maximum Gasteiger partial charge on any atom is 0.397 e. The Labute approximate surface area is 273 Å². The molecule has 0 saturated heterocycles. The fourth-order valence-corrected chi connectivity index (χ4v) is 5.42. The van der Waals surface area contributed by atoms with Gasteiger partial charge in [-0.15, -0.1) is 0 Å². The van der Waals surface area contributed by atoms with Gasteiger partial charge in [0.1, 0.15) is 17.9 Å². The lowest BCUT2D eigenvalue weighted by Crippen LogP contribution is -2.48. The van der Waals surface area contributed by atoms with Crippen molar-refractivity contribution in [3.63, 3.8) is 0 Å². The summed E-state index contributed by atoms with van der Waals surface area (Å²) in [4.78, 5) is 53.0. The topological polar surface area (TPSA) is 102 Å². The summed E-state index contributed by atoms with van der Waals surface area (Å²) in [7, 11) is 0. The van der Waals surface area contributed by atoms with Gasteiger partial charge in [-0.3, -0.25) is 19.2 Å². The van der Waals surface area contributed by atoms with Crippen molar-refractivity contribution in [3.8, 4) is 11.5 Å². The number of ether oxygens (including phenoxy) is 1. The Balaban J connectivity index is 1.72. The first-order chi connectivity index (χ1) is 22.6. The van der Waals surface area contributed by atoms with Crippen LogP contribution in [0.1, 0.15) is 48.8 Å². The maximum absolute atomic E-state index is 13.8. The Hall–Kier alpha value is -4.68. The van der Waals surface area contributed by atoms with Crippen LogP contribution >= 0.6 is 0 Å². The number of benzene rings is 3. The quantitative estimate of drug-likeness (QED) is 0.261. The normalized spacial score (nSPS) is 19.2. The minimum Gasteiger partial charge on any atom is -0.457 e. The molecule has 256 valence electrons. The third-order valence-corrected chi connectivity index (χ3v) is 7.80. The number of nitrogens with one attached hydrogen (secondary N) is 2. The smallest absolute Gasteiger partial charge is 0.397 e. The molecule has 3 aromatic carbocycles. The van der Waals surface area contributed by atoms with E-state index in [2.05, 4.69) is 10.6 Å². The van der Waals surface area contributed by atoms with Crippen molar-refractivity contribution in [1.82, 2.24) is 10.6 Å². The molecule has 0 fully saturated rings. The summed E-state index contributed by atoms with van der Waals surface area (Å²) >= 11 is 0. The van der Waals surface area contributed by atoms with Crippen molar-refractivity contribution in [3.05, 3.63) is 95.6 Å². The number of carbonyl (C=O) groups excluding carboxylic acids is 4. The SMILES string of the molecule is O=C(CC(F)(F)F)N[C@H]1Cc2cccc(c2)Oc2cccc(c2)C[C@@H](C(=O)CCC(F)(F)F)NC(=O)[C@H](CCc2ccccc2)CC1=O. The van der Waals surface area contributed by atoms with E-state index in [0.717, 1.165) is 5.56 Å². The Morgan fingerprint density at radius 3 is 2.02 bits per heavy atom. The number of hydrogen-bond acceptors (Lipinski definition) is 5. The third kappa shape index (κ3) is 11.8. The molecule has 1 aliphatic rings. The van der Waals surface area contributed by atoms with Crippen LogP contribution < -0.4 is 15.4 Å². The van der Waals surface area contributed by atoms with Crippen LogP contribution in [0.15, 0.2) is 78.9 Å². The second-order valence-electron chi connectivity index (χ2n) is 11.8. The summed E-state index contributed by atoms with van der Waals surface area (Å²) in [6.45, 7) is 0. The van der Waals surface area contributed by atoms with Crippen molar-refractivity contribution in [2.45, 2.75) is 75.8 Å². The van der Waals surface area contributed by atoms with Gasteiger partial charge in [0, 0.05) is 18.8 Å². The second kappa shape index (κ2) is 15.9. The summed E-state index contributed by atoms with van der Waals surface area (Å²) in [6.07, 6.45) is -14.1. The minimum atomic E-state index is -4.83. The molecule has 0 aliphatic carbocycles. The minimum absolute atomic E-state index is 0.0626. The van der Waals surface area contributed by atoms with Gasteiger partial charge in [0.2, 0.25) is 11.8 Å². The van der Waals surface area contributed by atoms with Gasteiger partial charge in [-0.2, -0.15) is 26.3 Å². The van der Waals surface area contributed by atoms with E-state index >= 15 is 0 Å². The molecule has 13 heteroatoms. The number of aryl methyl sites for hydroxylation is 1. The number of halogens is 6. The zero-order valence-electron chi connectivity index (χ0n) is 25.7. The lowest BCUT2D eigenvalue weighted by atomic mass is 9.89. The number of rotatable bonds is 8. The van der Waals surface area contributed by atoms with Crippen molar-refractivity contribution >= 4 is 23.4 Å². The van der Waals surface area contributed by atoms with E-state index in [1.54, 1.807) is 78.9 Å². The van der Waals surface area contributed by atoms with E-state index in [1.807, 2.05) is 0 Å². The predicted octanol–water partition coefficient (Wildman–Crippen LogP) is 6.62. The number of amides is 2. The molecule has 1 aliphatic heterocycles. The van der Waals surface area contributed by atoms with Crippen LogP contribution in [0.5, 0.6) is 11.5 Å². The number of hydrogen-bond donors (Lipinski definition) is 2. The van der Waals surface area contributed by atoms with Gasteiger partial charge >= 0.3 is 12.4 Å². The average Bonchev–Trinajstić information content (AvgIpc) is 3.00. The van der Waals surface area contributed by atoms with Crippen LogP contribution in [0, 0.1) is 5.92 Å². The standard InChI is InChI=1S/C35H34F6N2O5/c36-34(37,38)15-14-30(44)28-18-23-8-4-10-26(16-23)48-27-11-5-9-24(17-27)19-29(42-32(46)21-35(39,40)41)31(45)20-25(33(47)43-28)13-12-22-6-2-1-3-7-22/h1-11,16-17,25,28-29H,12-15,18-21H2,(H,42,46)(H,43,47)/t25-,28+,29+/m1/s1. The molecule has 0 unspecified atom stereocenters. The molecule has 0 radical (unpaired) electrons. The van der Waals surface area contributed by atoms with E-state index in [0.29, 0.717) is 29.0 Å². The summed E-state index contributed by atoms with van der Waals surface area (Å²) < 4.78 is 84.1. The monoisotopic (exact) mass is 676 g/mol. The van der Waals surface area contributed by atoms with Gasteiger partial charge in [-0.05, 0) is 66.6 Å². The van der Waals surface area contributed by atoms with E-state index < -0.39 is 79.4 Å². The summed E-state index contributed by atoms with van der Waals surface area (Å²) in [5.74, 6) is -4.35. The molecule has 4 bridgehead atoms. The van der Waals surface area contributed by atoms with Crippen molar-refractivity contribution in [1.29, 1.82) is 0 Å². The molecule has 0 spiro atoms. The molecule has 0 aromatic heterocycles. The lowest BCUT2D eigenvalue weighted by molar-refractivity contribution is -0.155. The molecule has 1 heterocycles. The fraction of sp³-hybridized carbons (Fsp3) is 0.371. The fourth-order valence-electron chi connectivity index (χ4n) is 5.42. The van der Waals surface area contributed by atoms with E-state index in [4.69, 9.17) is 4.74 Å². The molecule has 2 N–H and O–H groups in total. The van der Waals surface area contributed by atoms with Crippen molar-refractivity contribution < 1.29 is 50.3 Å². The van der Waals surface area contributed by atoms with E-state index in [-0.39, 0.29) is 19.3 Å². The highest BCUT2D eigenvalue weighted by Crippen LogP contribution is 2.27. The van der Waals surface area contributed by atoms with Crippen LogP contribution in [0.3, 0.4) is 0 Å². The molecule has 4 rings (SSSR count). The van der Waals surface area contributed by atoms with Crippen LogP contribution in [0.4, 0.5) is 26.3 Å². The largest absolute Gasteiger partial charge is 0.457 e. The molecule has 3 atom stereocenters. The molecular formula is C35H34F6N2O5. The molecule has 7 nitrogen and oxygen atoms in total. The van der Waals surface area contributed by atoms with Crippen LogP contribution in [0.2, 0.25) is 0 Å². The Morgan fingerprint density at radius 1 is 0.792 bits per heavy atom. The number of alkyl halides is 6. The highest BCUT2D eigenvalue weighted by Gasteiger charge is 2.35. The van der Waals surface area contributed by atoms with E-state index in [9.17, 15) is 45.5 Å². The number of Topliss-reactive ketones (excluding diaryl/α,β-unsaturated/α-hetero) is 2. The van der Waals surface area contributed by atoms with Gasteiger partial charge in [-0.1, -0.05) is 54.6 Å². The summed E-state index contributed by atoms with van der Waals surface area (Å²) in [5.41, 5.74) is 1.76. The molecule has 0 saturated carbocycles. The van der Waals surface area contributed by atoms with Crippen LogP contribution in [-0.4, -0.2) is 47.8 Å². The number of fused-ring (bicyclic) bond motifs is 4. The highest BCUT2D eigenvalue weighted by atomic mass is 19.4. The third-order valence-electron chi connectivity index (χ3n) is 7.80. The Kier molecular flexibility index (Phi) is 12.0. The summed E-state index contributed by atoms with van der Waals surface area (Å²) in [6, 6.07) is 18.9. The van der Waals surface area contributed by atoms with Gasteiger partial charge in [-0.25, -0.2) is 0 Å². The average molecular weight is 677 g/mol. The Bertz CT molecular complexity index is 1590. The van der Waals surface area contributed by atoms with Crippen LogP contribution in [0.25, 0.3) is 0 Å². The molecule has 3 aromatic rings. The maximum atomic E-state index is 13.8. The van der Waals surface area contributed by atoms with Gasteiger partial charge in [0.15, 0.2) is 11.6 Å². The molecule has 2 amide bonds. The zero-order valence-corrected chi connectivity index (χ0v) is 25.7. The van der Waals surface area contributed by atoms with Gasteiger partial charge in [0.25, 0.3) is 0 Å². The second-order valence-corrected chi connectivity index (χ2v) is 11.8. The van der Waals surface area contributed by atoms with Crippen molar-refractivity contribution in [2.75, 3.05) is 0 Å². The van der Waals surface area contributed by atoms with Crippen molar-refractivity contribution in [2.24, 2.45) is 5.92 Å². The summed E-state index contributed by atoms with van der Waals surface area (Å²) in [5, 5.41) is 4.73. The first kappa shape index (κ1) is 36.2. The number of ketones is 2.